The molecule has 2 N–H and O–H groups in total. The van der Waals surface area contributed by atoms with Gasteiger partial charge < -0.3 is 10.5 Å². The first kappa shape index (κ1) is 15.2. The van der Waals surface area contributed by atoms with Crippen LogP contribution < -0.4 is 10.5 Å². The molecule has 5 heteroatoms. The van der Waals surface area contributed by atoms with Crippen LogP contribution in [0.2, 0.25) is 0 Å². The zero-order valence-corrected chi connectivity index (χ0v) is 11.5. The predicted octanol–water partition coefficient (Wildman–Crippen LogP) is 4.12. The van der Waals surface area contributed by atoms with Crippen LogP contribution in [0.1, 0.15) is 43.7 Å². The minimum Gasteiger partial charge on any atom is -0.490 e. The minimum absolute atomic E-state index is 0.0819. The molecule has 0 saturated heterocycles. The van der Waals surface area contributed by atoms with Crippen LogP contribution in [0, 0.1) is 5.92 Å². The van der Waals surface area contributed by atoms with Crippen LogP contribution in [0.25, 0.3) is 0 Å². The van der Waals surface area contributed by atoms with Gasteiger partial charge in [-0.15, -0.1) is 0 Å². The summed E-state index contributed by atoms with van der Waals surface area (Å²) < 4.78 is 44.2. The fraction of sp³-hybridized carbons (Fsp3) is 0.600. The second-order valence-corrected chi connectivity index (χ2v) is 5.44. The molecule has 1 aliphatic rings. The molecule has 20 heavy (non-hydrogen) atoms. The van der Waals surface area contributed by atoms with Crippen LogP contribution in [0.3, 0.4) is 0 Å². The van der Waals surface area contributed by atoms with Gasteiger partial charge in [-0.05, 0) is 48.9 Å². The maximum absolute atomic E-state index is 12.8. The van der Waals surface area contributed by atoms with Crippen LogP contribution in [0.15, 0.2) is 18.2 Å². The van der Waals surface area contributed by atoms with Crippen molar-refractivity contribution in [2.45, 2.75) is 51.4 Å². The van der Waals surface area contributed by atoms with Gasteiger partial charge in [0.15, 0.2) is 0 Å². The lowest BCUT2D eigenvalue weighted by molar-refractivity contribution is -0.138. The minimum atomic E-state index is -4.37. The lowest BCUT2D eigenvalue weighted by Crippen LogP contribution is -2.28. The lowest BCUT2D eigenvalue weighted by atomic mass is 9.88. The fourth-order valence-corrected chi connectivity index (χ4v) is 2.72. The van der Waals surface area contributed by atoms with Crippen molar-refractivity contribution in [3.8, 4) is 5.75 Å². The van der Waals surface area contributed by atoms with E-state index in [1.165, 1.54) is 18.6 Å². The molecule has 2 atom stereocenters. The normalized spacial score (nSPS) is 23.6. The Morgan fingerprint density at radius 1 is 1.25 bits per heavy atom. The first-order valence-electron chi connectivity index (χ1n) is 6.98. The van der Waals surface area contributed by atoms with Crippen LogP contribution >= 0.6 is 0 Å². The van der Waals surface area contributed by atoms with Crippen molar-refractivity contribution in [2.24, 2.45) is 11.7 Å². The van der Waals surface area contributed by atoms with E-state index in [4.69, 9.17) is 10.5 Å². The van der Waals surface area contributed by atoms with Crippen molar-refractivity contribution in [2.75, 3.05) is 0 Å². The summed E-state index contributed by atoms with van der Waals surface area (Å²) in [5.41, 5.74) is 4.83. The van der Waals surface area contributed by atoms with E-state index in [2.05, 4.69) is 6.92 Å². The van der Waals surface area contributed by atoms with Crippen molar-refractivity contribution in [3.63, 3.8) is 0 Å². The molecule has 0 radical (unpaired) electrons. The summed E-state index contributed by atoms with van der Waals surface area (Å²) in [5, 5.41) is 0. The first-order chi connectivity index (χ1) is 9.41. The molecule has 1 aliphatic carbocycles. The van der Waals surface area contributed by atoms with Crippen molar-refractivity contribution in [3.05, 3.63) is 29.3 Å². The maximum atomic E-state index is 12.8. The number of benzene rings is 1. The molecule has 2 rings (SSSR count). The van der Waals surface area contributed by atoms with Gasteiger partial charge in [-0.2, -0.15) is 13.2 Å². The van der Waals surface area contributed by atoms with Gasteiger partial charge >= 0.3 is 6.18 Å². The van der Waals surface area contributed by atoms with E-state index < -0.39 is 11.7 Å². The Balaban J connectivity index is 2.17. The summed E-state index contributed by atoms with van der Waals surface area (Å²) in [6.45, 7) is 1.98. The molecule has 0 heterocycles. The van der Waals surface area contributed by atoms with Gasteiger partial charge in [0.05, 0.1) is 5.56 Å². The van der Waals surface area contributed by atoms with E-state index in [-0.39, 0.29) is 18.2 Å². The molecule has 2 unspecified atom stereocenters. The molecule has 0 aliphatic heterocycles. The Kier molecular flexibility index (Phi) is 4.58. The van der Waals surface area contributed by atoms with E-state index >= 15 is 0 Å². The Labute approximate surface area is 117 Å². The van der Waals surface area contributed by atoms with Crippen LogP contribution in [-0.2, 0) is 12.7 Å². The second-order valence-electron chi connectivity index (χ2n) is 5.44. The number of ether oxygens (including phenoxy) is 1. The van der Waals surface area contributed by atoms with Gasteiger partial charge in [0, 0.05) is 6.54 Å². The predicted molar refractivity (Wildman–Crippen MR) is 71.4 cm³/mol. The summed E-state index contributed by atoms with van der Waals surface area (Å²) in [4.78, 5) is 0. The largest absolute Gasteiger partial charge is 0.490 e. The highest BCUT2D eigenvalue weighted by Gasteiger charge is 2.33. The van der Waals surface area contributed by atoms with Gasteiger partial charge in [-0.1, -0.05) is 13.3 Å². The molecular formula is C15H20F3NO. The van der Waals surface area contributed by atoms with Crippen LogP contribution in [-0.4, -0.2) is 6.10 Å². The van der Waals surface area contributed by atoms with Gasteiger partial charge in [0.2, 0.25) is 0 Å². The standard InChI is InChI=1S/C15H20F3NO/c1-10-4-2-3-5-14(10)20-12-6-7-13(15(16,17)18)11(8-12)9-19/h6-8,10,14H,2-5,9,19H2,1H3. The van der Waals surface area contributed by atoms with Crippen molar-refractivity contribution in [1.29, 1.82) is 0 Å². The van der Waals surface area contributed by atoms with E-state index in [9.17, 15) is 13.2 Å². The lowest BCUT2D eigenvalue weighted by Gasteiger charge is -2.29. The number of hydrogen-bond donors (Lipinski definition) is 1. The molecule has 1 saturated carbocycles. The van der Waals surface area contributed by atoms with E-state index in [1.54, 1.807) is 0 Å². The van der Waals surface area contributed by atoms with Gasteiger partial charge in [0.1, 0.15) is 11.9 Å². The highest BCUT2D eigenvalue weighted by Crippen LogP contribution is 2.35. The molecule has 1 aromatic carbocycles. The fourth-order valence-electron chi connectivity index (χ4n) is 2.72. The van der Waals surface area contributed by atoms with Crippen molar-refractivity contribution >= 4 is 0 Å². The Morgan fingerprint density at radius 3 is 2.55 bits per heavy atom. The third kappa shape index (κ3) is 3.45. The molecule has 1 fully saturated rings. The zero-order chi connectivity index (χ0) is 14.8. The molecule has 0 spiro atoms. The third-order valence-corrected chi connectivity index (χ3v) is 3.92. The molecule has 0 bridgehead atoms. The van der Waals surface area contributed by atoms with E-state index in [0.29, 0.717) is 11.7 Å². The number of hydrogen-bond acceptors (Lipinski definition) is 2. The number of nitrogens with two attached hydrogens (primary N) is 1. The van der Waals surface area contributed by atoms with Crippen LogP contribution in [0.4, 0.5) is 13.2 Å². The number of rotatable bonds is 3. The van der Waals surface area contributed by atoms with E-state index in [0.717, 1.165) is 25.3 Å². The Hall–Kier alpha value is -1.23. The molecular weight excluding hydrogens is 267 g/mol. The topological polar surface area (TPSA) is 35.2 Å². The quantitative estimate of drug-likeness (QED) is 0.907. The Morgan fingerprint density at radius 2 is 1.95 bits per heavy atom. The van der Waals surface area contributed by atoms with E-state index in [1.807, 2.05) is 0 Å². The zero-order valence-electron chi connectivity index (χ0n) is 11.5. The second kappa shape index (κ2) is 6.04. The highest BCUT2D eigenvalue weighted by atomic mass is 19.4. The highest BCUT2D eigenvalue weighted by molar-refractivity contribution is 5.37. The molecule has 0 aromatic heterocycles. The first-order valence-corrected chi connectivity index (χ1v) is 6.98. The molecule has 2 nitrogen and oxygen atoms in total. The maximum Gasteiger partial charge on any atom is 0.416 e. The van der Waals surface area contributed by atoms with Gasteiger partial charge in [-0.3, -0.25) is 0 Å². The summed E-state index contributed by atoms with van der Waals surface area (Å²) in [6.07, 6.45) is 0.0910. The summed E-state index contributed by atoms with van der Waals surface area (Å²) in [6, 6.07) is 3.87. The summed E-state index contributed by atoms with van der Waals surface area (Å²) in [5.74, 6) is 0.921. The van der Waals surface area contributed by atoms with Crippen LogP contribution in [0.5, 0.6) is 5.75 Å². The number of alkyl halides is 3. The molecule has 0 amide bonds. The molecule has 1 aromatic rings. The summed E-state index contributed by atoms with van der Waals surface area (Å²) >= 11 is 0. The SMILES string of the molecule is CC1CCCCC1Oc1ccc(C(F)(F)F)c(CN)c1. The molecule has 112 valence electrons. The van der Waals surface area contributed by atoms with Gasteiger partial charge in [-0.25, -0.2) is 0 Å². The monoisotopic (exact) mass is 287 g/mol. The smallest absolute Gasteiger partial charge is 0.416 e. The Bertz CT molecular complexity index is 459. The van der Waals surface area contributed by atoms with Crippen molar-refractivity contribution < 1.29 is 17.9 Å². The third-order valence-electron chi connectivity index (χ3n) is 3.92. The average molecular weight is 287 g/mol. The summed E-state index contributed by atoms with van der Waals surface area (Å²) in [7, 11) is 0. The van der Waals surface area contributed by atoms with Crippen molar-refractivity contribution in [1.82, 2.24) is 0 Å². The average Bonchev–Trinajstić information content (AvgIpc) is 2.40. The van der Waals surface area contributed by atoms with Gasteiger partial charge in [0.25, 0.3) is 0 Å². The number of halogens is 3.